The molecule has 0 aromatic heterocycles. The van der Waals surface area contributed by atoms with Gasteiger partial charge in [0, 0.05) is 6.07 Å². The van der Waals surface area contributed by atoms with Crippen molar-refractivity contribution in [3.63, 3.8) is 0 Å². The molecule has 0 bridgehead atoms. The zero-order valence-corrected chi connectivity index (χ0v) is 12.3. The van der Waals surface area contributed by atoms with Crippen molar-refractivity contribution in [3.05, 3.63) is 23.8 Å². The van der Waals surface area contributed by atoms with E-state index < -0.39 is 0 Å². The van der Waals surface area contributed by atoms with Crippen molar-refractivity contribution in [2.75, 3.05) is 13.7 Å². The van der Waals surface area contributed by atoms with Gasteiger partial charge in [-0.2, -0.15) is 0 Å². The first-order valence-corrected chi connectivity index (χ1v) is 6.82. The van der Waals surface area contributed by atoms with Gasteiger partial charge in [-0.3, -0.25) is 0 Å². The Bertz CT molecular complexity index is 356. The highest BCUT2D eigenvalue weighted by atomic mass is 16.5. The van der Waals surface area contributed by atoms with Crippen LogP contribution in [-0.2, 0) is 6.42 Å². The van der Waals surface area contributed by atoms with E-state index >= 15 is 0 Å². The van der Waals surface area contributed by atoms with Gasteiger partial charge in [-0.1, -0.05) is 27.7 Å². The molecule has 0 atom stereocenters. The smallest absolute Gasteiger partial charge is 0.123 e. The topological polar surface area (TPSA) is 18.5 Å². The third-order valence-corrected chi connectivity index (χ3v) is 2.78. The Hall–Kier alpha value is -1.18. The van der Waals surface area contributed by atoms with Gasteiger partial charge in [0.15, 0.2) is 0 Å². The predicted octanol–water partition coefficient (Wildman–Crippen LogP) is 4.32. The fourth-order valence-corrected chi connectivity index (χ4v) is 1.83. The number of hydrogen-bond donors (Lipinski definition) is 0. The molecule has 1 rings (SSSR count). The van der Waals surface area contributed by atoms with Gasteiger partial charge in [-0.25, -0.2) is 0 Å². The Morgan fingerprint density at radius 1 is 0.944 bits per heavy atom. The SMILES string of the molecule is COc1cc(CC(C)C)cc(OCCC(C)C)c1. The second kappa shape index (κ2) is 7.30. The molecule has 2 heteroatoms. The summed E-state index contributed by atoms with van der Waals surface area (Å²) < 4.78 is 11.1. The van der Waals surface area contributed by atoms with Crippen LogP contribution in [0.2, 0.25) is 0 Å². The van der Waals surface area contributed by atoms with E-state index in [1.807, 2.05) is 6.07 Å². The fourth-order valence-electron chi connectivity index (χ4n) is 1.83. The van der Waals surface area contributed by atoms with Crippen LogP contribution in [0, 0.1) is 11.8 Å². The van der Waals surface area contributed by atoms with Gasteiger partial charge < -0.3 is 9.47 Å². The van der Waals surface area contributed by atoms with E-state index in [1.165, 1.54) is 5.56 Å². The lowest BCUT2D eigenvalue weighted by molar-refractivity contribution is 0.287. The molecule has 1 aromatic carbocycles. The van der Waals surface area contributed by atoms with E-state index in [-0.39, 0.29) is 0 Å². The van der Waals surface area contributed by atoms with Crippen LogP contribution < -0.4 is 9.47 Å². The van der Waals surface area contributed by atoms with Gasteiger partial charge in [0.25, 0.3) is 0 Å². The summed E-state index contributed by atoms with van der Waals surface area (Å²) in [7, 11) is 1.70. The molecule has 0 heterocycles. The molecule has 0 spiro atoms. The van der Waals surface area contributed by atoms with Gasteiger partial charge in [0.1, 0.15) is 11.5 Å². The fraction of sp³-hybridized carbons (Fsp3) is 0.625. The van der Waals surface area contributed by atoms with Crippen LogP contribution >= 0.6 is 0 Å². The van der Waals surface area contributed by atoms with E-state index in [9.17, 15) is 0 Å². The van der Waals surface area contributed by atoms with Gasteiger partial charge in [0.05, 0.1) is 13.7 Å². The van der Waals surface area contributed by atoms with Crippen LogP contribution in [0.15, 0.2) is 18.2 Å². The van der Waals surface area contributed by atoms with Crippen LogP contribution in [0.25, 0.3) is 0 Å². The maximum atomic E-state index is 5.80. The Labute approximate surface area is 111 Å². The summed E-state index contributed by atoms with van der Waals surface area (Å²) in [6, 6.07) is 6.18. The molecule has 0 saturated carbocycles. The van der Waals surface area contributed by atoms with Gasteiger partial charge in [-0.15, -0.1) is 0 Å². The third kappa shape index (κ3) is 5.44. The van der Waals surface area contributed by atoms with Gasteiger partial charge in [-0.05, 0) is 42.4 Å². The molecular weight excluding hydrogens is 224 g/mol. The number of hydrogen-bond acceptors (Lipinski definition) is 2. The van der Waals surface area contributed by atoms with E-state index in [4.69, 9.17) is 9.47 Å². The van der Waals surface area contributed by atoms with Crippen molar-refractivity contribution in [1.29, 1.82) is 0 Å². The maximum Gasteiger partial charge on any atom is 0.123 e. The minimum Gasteiger partial charge on any atom is -0.497 e. The maximum absolute atomic E-state index is 5.80. The third-order valence-electron chi connectivity index (χ3n) is 2.78. The van der Waals surface area contributed by atoms with Crippen LogP contribution in [0.4, 0.5) is 0 Å². The molecule has 0 aliphatic heterocycles. The molecule has 0 amide bonds. The molecule has 0 N–H and O–H groups in total. The average Bonchev–Trinajstić information content (AvgIpc) is 2.27. The highest BCUT2D eigenvalue weighted by Gasteiger charge is 2.05. The van der Waals surface area contributed by atoms with Crippen LogP contribution in [0.1, 0.15) is 39.7 Å². The molecule has 18 heavy (non-hydrogen) atoms. The monoisotopic (exact) mass is 250 g/mol. The first-order chi connectivity index (χ1) is 8.51. The highest BCUT2D eigenvalue weighted by Crippen LogP contribution is 2.24. The number of methoxy groups -OCH3 is 1. The summed E-state index contributed by atoms with van der Waals surface area (Å²) in [5.74, 6) is 3.12. The Balaban J connectivity index is 2.70. The summed E-state index contributed by atoms with van der Waals surface area (Å²) in [5.41, 5.74) is 1.28. The second-order valence-electron chi connectivity index (χ2n) is 5.65. The van der Waals surface area contributed by atoms with E-state index in [0.29, 0.717) is 11.8 Å². The molecule has 0 saturated heterocycles. The molecule has 0 radical (unpaired) electrons. The van der Waals surface area contributed by atoms with Crippen LogP contribution in [-0.4, -0.2) is 13.7 Å². The Morgan fingerprint density at radius 2 is 1.61 bits per heavy atom. The van der Waals surface area contributed by atoms with Gasteiger partial charge >= 0.3 is 0 Å². The Kier molecular flexibility index (Phi) is 6.03. The Morgan fingerprint density at radius 3 is 2.17 bits per heavy atom. The first-order valence-electron chi connectivity index (χ1n) is 6.82. The van der Waals surface area contributed by atoms with Crippen molar-refractivity contribution < 1.29 is 9.47 Å². The van der Waals surface area contributed by atoms with Crippen LogP contribution in [0.5, 0.6) is 11.5 Å². The van der Waals surface area contributed by atoms with Gasteiger partial charge in [0.2, 0.25) is 0 Å². The summed E-state index contributed by atoms with van der Waals surface area (Å²) in [6.07, 6.45) is 2.13. The molecule has 0 aliphatic rings. The lowest BCUT2D eigenvalue weighted by Crippen LogP contribution is -2.02. The molecule has 1 aromatic rings. The lowest BCUT2D eigenvalue weighted by atomic mass is 10.0. The molecule has 0 fully saturated rings. The molecule has 0 aliphatic carbocycles. The zero-order chi connectivity index (χ0) is 13.5. The van der Waals surface area contributed by atoms with E-state index in [0.717, 1.165) is 30.9 Å². The molecule has 102 valence electrons. The molecular formula is C16H26O2. The van der Waals surface area contributed by atoms with Crippen molar-refractivity contribution in [2.24, 2.45) is 11.8 Å². The van der Waals surface area contributed by atoms with E-state index in [2.05, 4.69) is 39.8 Å². The first kappa shape index (κ1) is 14.9. The summed E-state index contributed by atoms with van der Waals surface area (Å²) in [6.45, 7) is 9.63. The molecule has 2 nitrogen and oxygen atoms in total. The van der Waals surface area contributed by atoms with Crippen LogP contribution in [0.3, 0.4) is 0 Å². The quantitative estimate of drug-likeness (QED) is 0.717. The minimum absolute atomic E-state index is 0.639. The summed E-state index contributed by atoms with van der Waals surface area (Å²) in [4.78, 5) is 0. The standard InChI is InChI=1S/C16H26O2/c1-12(2)6-7-18-16-10-14(8-13(3)4)9-15(11-16)17-5/h9-13H,6-8H2,1-5H3. The number of ether oxygens (including phenoxy) is 2. The normalized spacial score (nSPS) is 11.1. The predicted molar refractivity (Wildman–Crippen MR) is 76.5 cm³/mol. The zero-order valence-electron chi connectivity index (χ0n) is 12.3. The lowest BCUT2D eigenvalue weighted by Gasteiger charge is -2.12. The largest absolute Gasteiger partial charge is 0.497 e. The average molecular weight is 250 g/mol. The molecule has 0 unspecified atom stereocenters. The highest BCUT2D eigenvalue weighted by molar-refractivity contribution is 5.38. The summed E-state index contributed by atoms with van der Waals surface area (Å²) in [5, 5.41) is 0. The van der Waals surface area contributed by atoms with Crippen molar-refractivity contribution in [1.82, 2.24) is 0 Å². The van der Waals surface area contributed by atoms with Crippen molar-refractivity contribution >= 4 is 0 Å². The number of benzene rings is 1. The summed E-state index contributed by atoms with van der Waals surface area (Å²) >= 11 is 0. The van der Waals surface area contributed by atoms with Crippen molar-refractivity contribution in [3.8, 4) is 11.5 Å². The minimum atomic E-state index is 0.639. The van der Waals surface area contributed by atoms with Crippen molar-refractivity contribution in [2.45, 2.75) is 40.5 Å². The number of rotatable bonds is 7. The van der Waals surface area contributed by atoms with E-state index in [1.54, 1.807) is 7.11 Å². The second-order valence-corrected chi connectivity index (χ2v) is 5.65.